The van der Waals surface area contributed by atoms with Crippen LogP contribution >= 0.6 is 0 Å². The molecule has 0 aromatic rings. The highest BCUT2D eigenvalue weighted by Crippen LogP contribution is 2.71. The van der Waals surface area contributed by atoms with E-state index in [2.05, 4.69) is 7.06 Å². The van der Waals surface area contributed by atoms with Gasteiger partial charge in [0.2, 0.25) is 0 Å². The molecule has 0 nitrogen and oxygen atoms in total. The summed E-state index contributed by atoms with van der Waals surface area (Å²) in [5, 5.41) is 0. The second-order valence-electron chi connectivity index (χ2n) is 3.66. The molecule has 0 atom stereocenters. The van der Waals surface area contributed by atoms with E-state index in [0.29, 0.717) is 5.71 Å². The Kier molecular flexibility index (Phi) is 0.0969. The van der Waals surface area contributed by atoms with Crippen LogP contribution in [0.4, 0.5) is 0 Å². The van der Waals surface area contributed by atoms with E-state index in [1.807, 2.05) is 0 Å². The maximum atomic E-state index is 2.64. The van der Waals surface area contributed by atoms with Crippen molar-refractivity contribution in [1.29, 1.82) is 0 Å². The van der Waals surface area contributed by atoms with Crippen molar-refractivity contribution in [1.82, 2.24) is 0 Å². The summed E-state index contributed by atoms with van der Waals surface area (Å²) in [6.45, 7) is 0. The molecule has 5 saturated heterocycles. The van der Waals surface area contributed by atoms with Crippen LogP contribution in [0.2, 0.25) is 0 Å². The third-order valence-electron chi connectivity index (χ3n) is 3.91. The number of hydrogen-bond donors (Lipinski definition) is 0. The molecule has 2 radical (unpaired) electrons. The fraction of sp³-hybridized carbons (Fsp3) is 0. The Morgan fingerprint density at radius 3 is 2.33 bits per heavy atom. The maximum absolute atomic E-state index is 2.64. The molecule has 0 aromatic carbocycles. The summed E-state index contributed by atoms with van der Waals surface area (Å²) in [4.78, 5) is 0. The van der Waals surface area contributed by atoms with Gasteiger partial charge in [-0.2, -0.15) is 0 Å². The predicted octanol–water partition coefficient (Wildman–Crippen LogP) is -2.28. The van der Waals surface area contributed by atoms with Crippen molar-refractivity contribution in [2.75, 3.05) is 0 Å². The van der Waals surface area contributed by atoms with Gasteiger partial charge in [0, 0.05) is 0 Å². The molecule has 5 heterocycles. The molecule has 5 fully saturated rings. The normalized spacial score (nSPS) is 45.7. The van der Waals surface area contributed by atoms with Crippen LogP contribution in [0.25, 0.3) is 0 Å². The lowest BCUT2D eigenvalue weighted by Gasteiger charge is -2.51. The van der Waals surface area contributed by atoms with Gasteiger partial charge in [-0.1, -0.05) is 0 Å². The molecular weight excluding hydrogens is 64.9 g/mol. The Labute approximate surface area is 39.1 Å². The summed E-state index contributed by atoms with van der Waals surface area (Å²) in [5.41, 5.74) is 0.463. The average Bonchev–Trinajstić information content (AvgIpc) is 2.22. The van der Waals surface area contributed by atoms with Crippen LogP contribution in [0.5, 0.6) is 0 Å². The quantitative estimate of drug-likeness (QED) is 0.279. The van der Waals surface area contributed by atoms with E-state index in [4.69, 9.17) is 0 Å². The summed E-state index contributed by atoms with van der Waals surface area (Å²) in [6.07, 6.45) is 5.23. The summed E-state index contributed by atoms with van der Waals surface area (Å²) in [7, 11) is 2.64. The lowest BCUT2D eigenvalue weighted by molar-refractivity contribution is 3.58. The summed E-state index contributed by atoms with van der Waals surface area (Å²) >= 11 is 0. The van der Waals surface area contributed by atoms with E-state index < -0.39 is 0 Å². The third-order valence-corrected chi connectivity index (χ3v) is 3.91. The van der Waals surface area contributed by atoms with Crippen molar-refractivity contribution in [3.63, 3.8) is 0 Å². The Morgan fingerprint density at radius 2 is 2.33 bits per heavy atom. The molecule has 6 heteroatoms. The van der Waals surface area contributed by atoms with Crippen LogP contribution in [0.1, 0.15) is 0 Å². The van der Waals surface area contributed by atoms with Crippen molar-refractivity contribution in [3.05, 3.63) is 0 Å². The predicted molar refractivity (Wildman–Crippen MR) is 34.5 cm³/mol. The van der Waals surface area contributed by atoms with Crippen molar-refractivity contribution in [3.8, 4) is 0 Å². The Morgan fingerprint density at radius 1 is 1.50 bits per heavy atom. The molecule has 20 valence electrons. The minimum absolute atomic E-state index is 0.463. The summed E-state index contributed by atoms with van der Waals surface area (Å²) in [6, 6.07) is 0. The monoisotopic (exact) mass is 66.1 g/mol. The van der Waals surface area contributed by atoms with Gasteiger partial charge < -0.3 is 25.5 Å². The van der Waals surface area contributed by atoms with Crippen molar-refractivity contribution in [2.24, 2.45) is 0 Å². The van der Waals surface area contributed by atoms with Gasteiger partial charge in [-0.3, -0.25) is 5.71 Å². The van der Waals surface area contributed by atoms with Crippen LogP contribution < -0.4 is 0 Å². The van der Waals surface area contributed by atoms with Gasteiger partial charge in [0.25, 0.3) is 0 Å². The van der Waals surface area contributed by atoms with Crippen molar-refractivity contribution in [2.45, 2.75) is 0 Å². The molecule has 5 aliphatic heterocycles. The van der Waals surface area contributed by atoms with E-state index in [-0.39, 0.29) is 0 Å². The highest BCUT2D eigenvalue weighted by atomic mass is 13.9. The van der Waals surface area contributed by atoms with Crippen LogP contribution in [0.3, 0.4) is 0 Å². The molecule has 0 amide bonds. The van der Waals surface area contributed by atoms with Crippen molar-refractivity contribution >= 4 is 38.3 Å². The smallest absolute Gasteiger partial charge is 0.248 e. The van der Waals surface area contributed by atoms with Gasteiger partial charge >= 0.3 is 0 Å². The number of hydrogen-bond acceptors (Lipinski definition) is 0. The average molecular weight is 64.9 g/mol. The lowest BCUT2D eigenvalue weighted by Crippen LogP contribution is -2.56. The maximum Gasteiger partial charge on any atom is -0.248 e. The second-order valence-corrected chi connectivity index (χ2v) is 3.66. The van der Waals surface area contributed by atoms with E-state index in [0.717, 1.165) is 0 Å². The molecule has 2 bridgehead atoms. The van der Waals surface area contributed by atoms with Gasteiger partial charge in [-0.05, 0) is 0 Å². The van der Waals surface area contributed by atoms with Gasteiger partial charge in [0.1, 0.15) is 0 Å². The Balaban J connectivity index is 2.36. The Bertz CT molecular complexity index is 129. The van der Waals surface area contributed by atoms with Crippen LogP contribution in [0, 0.1) is 0 Å². The SMILES string of the molecule is [B]1B2[B-]3B4B3[B-]124. The first-order chi connectivity index (χ1) is 2.96. The molecule has 1 spiro atoms. The van der Waals surface area contributed by atoms with Gasteiger partial charge in [0.15, 0.2) is 0 Å². The van der Waals surface area contributed by atoms with Gasteiger partial charge in [-0.25, -0.2) is 7.06 Å². The van der Waals surface area contributed by atoms with Gasteiger partial charge in [0.05, 0.1) is 0 Å². The molecule has 0 aromatic heterocycles. The first-order valence-corrected chi connectivity index (χ1v) is 3.00. The van der Waals surface area contributed by atoms with E-state index in [1.54, 1.807) is 0 Å². The van der Waals surface area contributed by atoms with Crippen molar-refractivity contribution < 1.29 is 0 Å². The van der Waals surface area contributed by atoms with Crippen LogP contribution in [-0.4, -0.2) is 38.3 Å². The van der Waals surface area contributed by atoms with E-state index in [1.165, 1.54) is 25.5 Å². The van der Waals surface area contributed by atoms with Gasteiger partial charge in [-0.15, -0.1) is 0 Å². The third kappa shape index (κ3) is 0.0452. The highest BCUT2D eigenvalue weighted by molar-refractivity contribution is 8.84. The highest BCUT2D eigenvalue weighted by Gasteiger charge is 2.75. The zero-order chi connectivity index (χ0) is 3.52. The zero-order valence-electron chi connectivity index (χ0n) is 3.46. The molecule has 5 aliphatic rings. The van der Waals surface area contributed by atoms with E-state index in [9.17, 15) is 0 Å². The van der Waals surface area contributed by atoms with Crippen LogP contribution in [0.15, 0.2) is 0 Å². The second kappa shape index (κ2) is 0.276. The fourth-order valence-electron chi connectivity index (χ4n) is 3.41. The topological polar surface area (TPSA) is 0 Å². The molecule has 0 aliphatic carbocycles. The summed E-state index contributed by atoms with van der Waals surface area (Å²) < 4.78 is 0. The molecule has 0 saturated carbocycles. The Hall–Kier alpha value is 0.390. The van der Waals surface area contributed by atoms with E-state index >= 15 is 0 Å². The fourth-order valence-corrected chi connectivity index (χ4v) is 3.41. The minimum atomic E-state index is 0.463. The largest absolute Gasteiger partial charge is 0.388 e. The molecule has 0 unspecified atom stereocenters. The molecule has 6 heavy (non-hydrogen) atoms. The lowest BCUT2D eigenvalue weighted by atomic mass is 8.63. The first kappa shape index (κ1) is 2.11. The zero-order valence-corrected chi connectivity index (χ0v) is 3.46. The molecule has 0 N–H and O–H groups in total. The molecular formula is B6-2. The molecule has 5 rings (SSSR count). The standard InChI is InChI=1S/B6/c1-2-3-4-5(3)6(1,2)4/q-2. The number of rotatable bonds is 0. The minimum Gasteiger partial charge on any atom is -0.388 e. The first-order valence-electron chi connectivity index (χ1n) is 3.00. The van der Waals surface area contributed by atoms with Crippen LogP contribution in [-0.2, 0) is 0 Å². The summed E-state index contributed by atoms with van der Waals surface area (Å²) in [5.74, 6) is 0.